The third-order valence-electron chi connectivity index (χ3n) is 3.43. The number of amidine groups is 1. The Morgan fingerprint density at radius 3 is 2.39 bits per heavy atom. The zero-order valence-corrected chi connectivity index (χ0v) is 14.6. The minimum atomic E-state index is -3.97. The predicted molar refractivity (Wildman–Crippen MR) is 91.9 cm³/mol. The highest BCUT2D eigenvalue weighted by molar-refractivity contribution is 9.10. The molecule has 2 aromatic rings. The van der Waals surface area contributed by atoms with E-state index < -0.39 is 10.0 Å². The third kappa shape index (κ3) is 3.10. The topological polar surface area (TPSA) is 97.2 Å². The molecule has 23 heavy (non-hydrogen) atoms. The lowest BCUT2D eigenvalue weighted by molar-refractivity contribution is 0.597. The number of sulfonamides is 1. The molecular weight excluding hydrogens is 380 g/mol. The van der Waals surface area contributed by atoms with E-state index in [0.29, 0.717) is 15.6 Å². The zero-order valence-electron chi connectivity index (χ0n) is 12.2. The molecule has 0 spiro atoms. The summed E-state index contributed by atoms with van der Waals surface area (Å²) in [5.74, 6) is 0.269. The summed E-state index contributed by atoms with van der Waals surface area (Å²) in [7, 11) is -3.97. The van der Waals surface area contributed by atoms with E-state index in [1.54, 1.807) is 6.07 Å². The van der Waals surface area contributed by atoms with Crippen molar-refractivity contribution in [2.75, 3.05) is 6.67 Å². The lowest BCUT2D eigenvalue weighted by atomic mass is 9.98. The summed E-state index contributed by atoms with van der Waals surface area (Å²) in [5.41, 5.74) is 3.02. The molecule has 0 fully saturated rings. The van der Waals surface area contributed by atoms with Gasteiger partial charge < -0.3 is 0 Å². The minimum Gasteiger partial charge on any atom is -0.239 e. The fourth-order valence-corrected chi connectivity index (χ4v) is 4.22. The normalized spacial score (nSPS) is 14.1. The van der Waals surface area contributed by atoms with Crippen molar-refractivity contribution in [1.82, 2.24) is 0 Å². The van der Waals surface area contributed by atoms with E-state index >= 15 is 0 Å². The van der Waals surface area contributed by atoms with Gasteiger partial charge in [-0.2, -0.15) is 5.11 Å². The summed E-state index contributed by atoms with van der Waals surface area (Å²) in [5, 5.41) is 13.2. The molecule has 0 aliphatic carbocycles. The first-order valence-electron chi connectivity index (χ1n) is 6.72. The van der Waals surface area contributed by atoms with Crippen LogP contribution in [-0.2, 0) is 10.0 Å². The minimum absolute atomic E-state index is 0.0322. The Morgan fingerprint density at radius 1 is 1.13 bits per heavy atom. The maximum absolute atomic E-state index is 12.1. The average molecular weight is 393 g/mol. The molecule has 3 rings (SSSR count). The molecule has 0 atom stereocenters. The first-order valence-corrected chi connectivity index (χ1v) is 9.06. The van der Waals surface area contributed by atoms with E-state index in [0.717, 1.165) is 11.1 Å². The molecule has 0 saturated carbocycles. The van der Waals surface area contributed by atoms with Crippen LogP contribution in [0.4, 0.5) is 0 Å². The van der Waals surface area contributed by atoms with E-state index in [1.807, 2.05) is 37.3 Å². The van der Waals surface area contributed by atoms with Crippen molar-refractivity contribution in [2.45, 2.75) is 11.8 Å². The number of nitrogens with two attached hydrogens (primary N) is 1. The van der Waals surface area contributed by atoms with Gasteiger partial charge in [0.2, 0.25) is 10.0 Å². The number of aliphatic imine (C=N–C) groups is 1. The van der Waals surface area contributed by atoms with Crippen LogP contribution in [-0.4, -0.2) is 20.9 Å². The Morgan fingerprint density at radius 2 is 1.83 bits per heavy atom. The highest BCUT2D eigenvalue weighted by Crippen LogP contribution is 2.35. The van der Waals surface area contributed by atoms with Gasteiger partial charge in [-0.15, -0.1) is 5.11 Å². The number of benzene rings is 2. The summed E-state index contributed by atoms with van der Waals surface area (Å²) in [6.45, 7) is 2.16. The number of azo groups is 1. The SMILES string of the molecule is Cc1ccc(-c2ccc(Br)c(S(N)(=O)=O)c2C2=NCN=N2)cc1. The lowest BCUT2D eigenvalue weighted by Crippen LogP contribution is -2.18. The third-order valence-corrected chi connectivity index (χ3v) is 5.35. The maximum Gasteiger partial charge on any atom is 0.239 e. The molecule has 6 nitrogen and oxygen atoms in total. The lowest BCUT2D eigenvalue weighted by Gasteiger charge is -2.14. The van der Waals surface area contributed by atoms with E-state index in [2.05, 4.69) is 31.2 Å². The molecule has 0 aromatic heterocycles. The highest BCUT2D eigenvalue weighted by Gasteiger charge is 2.26. The van der Waals surface area contributed by atoms with Gasteiger partial charge >= 0.3 is 0 Å². The quantitative estimate of drug-likeness (QED) is 0.866. The summed E-state index contributed by atoms with van der Waals surface area (Å²) in [4.78, 5) is 4.14. The first-order chi connectivity index (χ1) is 10.9. The van der Waals surface area contributed by atoms with E-state index in [-0.39, 0.29) is 17.4 Å². The molecular formula is C15H13BrN4O2S. The standard InChI is InChI=1S/C15H13BrN4O2S/c1-9-2-4-10(5-3-9)11-6-7-12(16)14(23(17,21)22)13(11)15-18-8-19-20-15/h2-7H,8H2,1H3,(H2,17,21,22). The van der Waals surface area contributed by atoms with E-state index in [1.165, 1.54) is 0 Å². The van der Waals surface area contributed by atoms with Gasteiger partial charge in [-0.25, -0.2) is 18.5 Å². The van der Waals surface area contributed by atoms with E-state index in [4.69, 9.17) is 5.14 Å². The molecule has 118 valence electrons. The summed E-state index contributed by atoms with van der Waals surface area (Å²) in [6, 6.07) is 11.2. The van der Waals surface area contributed by atoms with Gasteiger partial charge in [0.25, 0.3) is 0 Å². The van der Waals surface area contributed by atoms with Crippen LogP contribution in [0.5, 0.6) is 0 Å². The summed E-state index contributed by atoms with van der Waals surface area (Å²) >= 11 is 3.26. The van der Waals surface area contributed by atoms with Gasteiger partial charge in [0.1, 0.15) is 4.90 Å². The molecule has 1 aliphatic heterocycles. The van der Waals surface area contributed by atoms with Gasteiger partial charge in [0, 0.05) is 10.0 Å². The fraction of sp³-hybridized carbons (Fsp3) is 0.133. The molecule has 2 aromatic carbocycles. The number of hydrogen-bond acceptors (Lipinski definition) is 5. The van der Waals surface area contributed by atoms with Crippen LogP contribution in [0.15, 0.2) is 61.0 Å². The Kier molecular flexibility index (Phi) is 4.13. The zero-order chi connectivity index (χ0) is 16.6. The largest absolute Gasteiger partial charge is 0.239 e. The smallest absolute Gasteiger partial charge is 0.239 e. The molecule has 0 bridgehead atoms. The monoisotopic (exact) mass is 392 g/mol. The number of halogens is 1. The fourth-order valence-electron chi connectivity index (χ4n) is 2.39. The maximum atomic E-state index is 12.1. The number of hydrogen-bond donors (Lipinski definition) is 1. The Labute approximate surface area is 142 Å². The molecule has 0 amide bonds. The van der Waals surface area contributed by atoms with Crippen LogP contribution in [0.25, 0.3) is 11.1 Å². The van der Waals surface area contributed by atoms with Gasteiger partial charge in [-0.1, -0.05) is 35.9 Å². The molecule has 0 radical (unpaired) electrons. The van der Waals surface area contributed by atoms with Crippen molar-refractivity contribution >= 4 is 31.8 Å². The van der Waals surface area contributed by atoms with Crippen molar-refractivity contribution in [3.8, 4) is 11.1 Å². The molecule has 2 N–H and O–H groups in total. The van der Waals surface area contributed by atoms with Crippen molar-refractivity contribution in [1.29, 1.82) is 0 Å². The number of aryl methyl sites for hydroxylation is 1. The molecule has 0 unspecified atom stereocenters. The predicted octanol–water partition coefficient (Wildman–Crippen LogP) is 3.24. The van der Waals surface area contributed by atoms with Crippen molar-refractivity contribution in [3.63, 3.8) is 0 Å². The van der Waals surface area contributed by atoms with Crippen LogP contribution in [0.3, 0.4) is 0 Å². The second-order valence-corrected chi connectivity index (χ2v) is 7.43. The molecule has 1 heterocycles. The average Bonchev–Trinajstić information content (AvgIpc) is 3.00. The number of nitrogens with zero attached hydrogens (tertiary/aromatic N) is 3. The van der Waals surface area contributed by atoms with Crippen LogP contribution >= 0.6 is 15.9 Å². The van der Waals surface area contributed by atoms with Crippen LogP contribution in [0.2, 0.25) is 0 Å². The van der Waals surface area contributed by atoms with Gasteiger partial charge in [0.05, 0.1) is 0 Å². The Balaban J connectivity index is 2.37. The summed E-state index contributed by atoms with van der Waals surface area (Å²) in [6.07, 6.45) is 0. The molecule has 8 heteroatoms. The van der Waals surface area contributed by atoms with Crippen molar-refractivity contribution < 1.29 is 8.42 Å². The Bertz CT molecular complexity index is 935. The second kappa shape index (κ2) is 5.95. The molecule has 0 saturated heterocycles. The second-order valence-electron chi connectivity index (χ2n) is 5.07. The van der Waals surface area contributed by atoms with E-state index in [9.17, 15) is 8.42 Å². The number of primary sulfonamides is 1. The molecule has 1 aliphatic rings. The van der Waals surface area contributed by atoms with Crippen LogP contribution in [0, 0.1) is 6.92 Å². The Hall–Kier alpha value is -1.90. The first kappa shape index (κ1) is 16.0. The van der Waals surface area contributed by atoms with Gasteiger partial charge in [-0.3, -0.25) is 0 Å². The van der Waals surface area contributed by atoms with Gasteiger partial charge in [0.15, 0.2) is 12.5 Å². The van der Waals surface area contributed by atoms with Crippen LogP contribution in [0.1, 0.15) is 11.1 Å². The van der Waals surface area contributed by atoms with Crippen molar-refractivity contribution in [3.05, 3.63) is 52.0 Å². The van der Waals surface area contributed by atoms with Gasteiger partial charge in [-0.05, 0) is 40.0 Å². The summed E-state index contributed by atoms with van der Waals surface area (Å²) < 4.78 is 24.5. The highest BCUT2D eigenvalue weighted by atomic mass is 79.9. The van der Waals surface area contributed by atoms with Crippen LogP contribution < -0.4 is 5.14 Å². The number of rotatable bonds is 3. The van der Waals surface area contributed by atoms with Crippen molar-refractivity contribution in [2.24, 2.45) is 20.4 Å².